The summed E-state index contributed by atoms with van der Waals surface area (Å²) in [4.78, 5) is 2.37. The second-order valence-corrected chi connectivity index (χ2v) is 6.05. The van der Waals surface area contributed by atoms with Gasteiger partial charge in [0.15, 0.2) is 0 Å². The lowest BCUT2D eigenvalue weighted by Crippen LogP contribution is -2.45. The van der Waals surface area contributed by atoms with Gasteiger partial charge >= 0.3 is 6.18 Å². The molecule has 1 aromatic rings. The summed E-state index contributed by atoms with van der Waals surface area (Å²) in [7, 11) is 0. The fourth-order valence-electron chi connectivity index (χ4n) is 2.83. The first kappa shape index (κ1) is 19.3. The first-order valence-electron chi connectivity index (χ1n) is 7.50. The molecule has 1 N–H and O–H groups in total. The van der Waals surface area contributed by atoms with Crippen LogP contribution in [0.25, 0.3) is 0 Å². The summed E-state index contributed by atoms with van der Waals surface area (Å²) in [5.41, 5.74) is 0.411. The lowest BCUT2D eigenvalue weighted by molar-refractivity contribution is -0.137. The molecule has 0 unspecified atom stereocenters. The SMILES string of the molecule is CC(C)C[C@H](c1ccc(C(F)(F)F)cc1)N1CCNCC1.Cl. The lowest BCUT2D eigenvalue weighted by atomic mass is 9.94. The molecule has 1 heterocycles. The van der Waals surface area contributed by atoms with E-state index < -0.39 is 11.7 Å². The Hall–Kier alpha value is -0.780. The molecule has 0 radical (unpaired) electrons. The monoisotopic (exact) mass is 336 g/mol. The van der Waals surface area contributed by atoms with Crippen LogP contribution in [0.1, 0.15) is 37.4 Å². The zero-order chi connectivity index (χ0) is 15.5. The maximum Gasteiger partial charge on any atom is 0.416 e. The molecule has 2 rings (SSSR count). The van der Waals surface area contributed by atoms with E-state index in [4.69, 9.17) is 0 Å². The number of halogens is 4. The molecule has 2 nitrogen and oxygen atoms in total. The van der Waals surface area contributed by atoms with Crippen molar-refractivity contribution in [2.75, 3.05) is 26.2 Å². The minimum absolute atomic E-state index is 0. The number of alkyl halides is 3. The molecule has 6 heteroatoms. The highest BCUT2D eigenvalue weighted by Gasteiger charge is 2.31. The summed E-state index contributed by atoms with van der Waals surface area (Å²) in [6, 6.07) is 5.88. The third-order valence-corrected chi connectivity index (χ3v) is 3.91. The van der Waals surface area contributed by atoms with Crippen molar-refractivity contribution >= 4 is 12.4 Å². The minimum atomic E-state index is -4.26. The van der Waals surface area contributed by atoms with Crippen LogP contribution in [-0.4, -0.2) is 31.1 Å². The Labute approximate surface area is 136 Å². The van der Waals surface area contributed by atoms with Gasteiger partial charge in [-0.1, -0.05) is 26.0 Å². The Balaban J connectivity index is 0.00000242. The van der Waals surface area contributed by atoms with Crippen molar-refractivity contribution in [3.05, 3.63) is 35.4 Å². The summed E-state index contributed by atoms with van der Waals surface area (Å²) < 4.78 is 38.0. The van der Waals surface area contributed by atoms with E-state index in [0.29, 0.717) is 5.92 Å². The predicted octanol–water partition coefficient (Wildman–Crippen LogP) is 4.12. The van der Waals surface area contributed by atoms with Crippen molar-refractivity contribution in [1.29, 1.82) is 0 Å². The lowest BCUT2D eigenvalue weighted by Gasteiger charge is -2.36. The van der Waals surface area contributed by atoms with Gasteiger partial charge in [-0.15, -0.1) is 12.4 Å². The molecule has 1 atom stereocenters. The third-order valence-electron chi connectivity index (χ3n) is 3.91. The molecule has 22 heavy (non-hydrogen) atoms. The first-order chi connectivity index (χ1) is 9.88. The molecule has 126 valence electrons. The van der Waals surface area contributed by atoms with Gasteiger partial charge in [-0.2, -0.15) is 13.2 Å². The fraction of sp³-hybridized carbons (Fsp3) is 0.625. The first-order valence-corrected chi connectivity index (χ1v) is 7.50. The molecule has 1 aliphatic heterocycles. The van der Waals surface area contributed by atoms with Gasteiger partial charge in [0.05, 0.1) is 5.56 Å². The Bertz CT molecular complexity index is 440. The number of benzene rings is 1. The zero-order valence-electron chi connectivity index (χ0n) is 13.0. The Kier molecular flexibility index (Phi) is 7.16. The minimum Gasteiger partial charge on any atom is -0.314 e. The van der Waals surface area contributed by atoms with Crippen LogP contribution in [0, 0.1) is 5.92 Å². The summed E-state index contributed by atoms with van der Waals surface area (Å²) in [6.45, 7) is 8.07. The van der Waals surface area contributed by atoms with Gasteiger partial charge in [0.25, 0.3) is 0 Å². The topological polar surface area (TPSA) is 15.3 Å². The van der Waals surface area contributed by atoms with Crippen molar-refractivity contribution in [1.82, 2.24) is 10.2 Å². The normalized spacial score (nSPS) is 18.1. The average Bonchev–Trinajstić information content (AvgIpc) is 2.45. The molecule has 0 saturated carbocycles. The second kappa shape index (κ2) is 8.18. The van der Waals surface area contributed by atoms with Crippen LogP contribution >= 0.6 is 12.4 Å². The maximum atomic E-state index is 12.7. The quantitative estimate of drug-likeness (QED) is 0.889. The van der Waals surface area contributed by atoms with Gasteiger partial charge in [-0.25, -0.2) is 0 Å². The average molecular weight is 337 g/mol. The van der Waals surface area contributed by atoms with Gasteiger partial charge < -0.3 is 5.32 Å². The van der Waals surface area contributed by atoms with Crippen molar-refractivity contribution < 1.29 is 13.2 Å². The number of hydrogen-bond donors (Lipinski definition) is 1. The highest BCUT2D eigenvalue weighted by atomic mass is 35.5. The fourth-order valence-corrected chi connectivity index (χ4v) is 2.83. The number of nitrogens with zero attached hydrogens (tertiary/aromatic N) is 1. The summed E-state index contributed by atoms with van der Waals surface area (Å²) >= 11 is 0. The van der Waals surface area contributed by atoms with Gasteiger partial charge in [-0.05, 0) is 30.0 Å². The molecular formula is C16H24ClF3N2. The van der Waals surface area contributed by atoms with Crippen molar-refractivity contribution in [2.45, 2.75) is 32.5 Å². The van der Waals surface area contributed by atoms with E-state index >= 15 is 0 Å². The Morgan fingerprint density at radius 3 is 2.09 bits per heavy atom. The van der Waals surface area contributed by atoms with Gasteiger partial charge in [0.2, 0.25) is 0 Å². The highest BCUT2D eigenvalue weighted by Crippen LogP contribution is 2.32. The zero-order valence-corrected chi connectivity index (χ0v) is 13.8. The van der Waals surface area contributed by atoms with E-state index in [-0.39, 0.29) is 18.4 Å². The van der Waals surface area contributed by atoms with Crippen molar-refractivity contribution in [3.8, 4) is 0 Å². The van der Waals surface area contributed by atoms with Crippen LogP contribution in [0.3, 0.4) is 0 Å². The van der Waals surface area contributed by atoms with Crippen LogP contribution in [0.2, 0.25) is 0 Å². The molecule has 1 aromatic carbocycles. The summed E-state index contributed by atoms with van der Waals surface area (Å²) in [5.74, 6) is 0.507. The van der Waals surface area contributed by atoms with Crippen molar-refractivity contribution in [3.63, 3.8) is 0 Å². The van der Waals surface area contributed by atoms with Crippen LogP contribution in [-0.2, 0) is 6.18 Å². The second-order valence-electron chi connectivity index (χ2n) is 6.05. The molecule has 0 aliphatic carbocycles. The van der Waals surface area contributed by atoms with Gasteiger partial charge in [0.1, 0.15) is 0 Å². The largest absolute Gasteiger partial charge is 0.416 e. The van der Waals surface area contributed by atoms with Crippen LogP contribution in [0.15, 0.2) is 24.3 Å². The molecule has 1 fully saturated rings. The van der Waals surface area contributed by atoms with Crippen LogP contribution < -0.4 is 5.32 Å². The summed E-state index contributed by atoms with van der Waals surface area (Å²) in [5, 5.41) is 3.31. The number of hydrogen-bond acceptors (Lipinski definition) is 2. The standard InChI is InChI=1S/C16H23F3N2.ClH/c1-12(2)11-15(21-9-7-20-8-10-21)13-3-5-14(6-4-13)16(17,18)19;/h3-6,12,15,20H,7-11H2,1-2H3;1H/t15-;/m1./s1. The molecule has 1 saturated heterocycles. The Morgan fingerprint density at radius 2 is 1.64 bits per heavy atom. The Morgan fingerprint density at radius 1 is 1.09 bits per heavy atom. The molecular weight excluding hydrogens is 313 g/mol. The van der Waals surface area contributed by atoms with Crippen LogP contribution in [0.5, 0.6) is 0 Å². The molecule has 0 spiro atoms. The van der Waals surface area contributed by atoms with E-state index in [2.05, 4.69) is 24.1 Å². The summed E-state index contributed by atoms with van der Waals surface area (Å²) in [6.07, 6.45) is -3.30. The molecule has 1 aliphatic rings. The number of rotatable bonds is 4. The number of nitrogens with one attached hydrogen (secondary N) is 1. The van der Waals surface area contributed by atoms with E-state index in [1.54, 1.807) is 12.1 Å². The van der Waals surface area contributed by atoms with E-state index in [1.807, 2.05) is 0 Å². The van der Waals surface area contributed by atoms with E-state index in [9.17, 15) is 13.2 Å². The molecule has 0 aromatic heterocycles. The molecule has 0 amide bonds. The van der Waals surface area contributed by atoms with Crippen LogP contribution in [0.4, 0.5) is 13.2 Å². The molecule has 0 bridgehead atoms. The number of piperazine rings is 1. The third kappa shape index (κ3) is 5.14. The van der Waals surface area contributed by atoms with E-state index in [0.717, 1.165) is 38.2 Å². The predicted molar refractivity (Wildman–Crippen MR) is 85.3 cm³/mol. The smallest absolute Gasteiger partial charge is 0.314 e. The van der Waals surface area contributed by atoms with E-state index in [1.165, 1.54) is 12.1 Å². The maximum absolute atomic E-state index is 12.7. The van der Waals surface area contributed by atoms with Crippen molar-refractivity contribution in [2.24, 2.45) is 5.92 Å². The van der Waals surface area contributed by atoms with Gasteiger partial charge in [0, 0.05) is 32.2 Å². The highest BCUT2D eigenvalue weighted by molar-refractivity contribution is 5.85. The van der Waals surface area contributed by atoms with Gasteiger partial charge in [-0.3, -0.25) is 4.90 Å².